The van der Waals surface area contributed by atoms with Gasteiger partial charge in [0.15, 0.2) is 0 Å². The van der Waals surface area contributed by atoms with Crippen molar-refractivity contribution in [3.8, 4) is 5.75 Å². The van der Waals surface area contributed by atoms with E-state index in [2.05, 4.69) is 15.4 Å². The number of nitrogens with two attached hydrogens (primary N) is 1. The summed E-state index contributed by atoms with van der Waals surface area (Å²) in [4.78, 5) is 27.6. The molecule has 136 valence electrons. The van der Waals surface area contributed by atoms with Crippen LogP contribution in [0.5, 0.6) is 5.75 Å². The van der Waals surface area contributed by atoms with E-state index in [1.807, 2.05) is 0 Å². The van der Waals surface area contributed by atoms with Crippen LogP contribution in [0.2, 0.25) is 0 Å². The number of hydrogen-bond acceptors (Lipinski definition) is 7. The fourth-order valence-corrected chi connectivity index (χ4v) is 2.85. The molecule has 0 aliphatic carbocycles. The number of carbonyl (C=O) groups excluding carboxylic acids is 1. The minimum Gasteiger partial charge on any atom is -0.534 e. The summed E-state index contributed by atoms with van der Waals surface area (Å²) in [5.74, 6) is -1.61. The van der Waals surface area contributed by atoms with Crippen LogP contribution in [-0.2, 0) is 24.2 Å². The van der Waals surface area contributed by atoms with Gasteiger partial charge in [0, 0.05) is 6.54 Å². The fraction of sp³-hybridized carbons (Fsp3) is 0.333. The molecule has 2 heterocycles. The van der Waals surface area contributed by atoms with Crippen molar-refractivity contribution >= 4 is 19.0 Å². The van der Waals surface area contributed by atoms with Gasteiger partial charge in [-0.25, -0.2) is 14.5 Å². The predicted octanol–water partition coefficient (Wildman–Crippen LogP) is -1.38. The molecule has 10 nitrogen and oxygen atoms in total. The van der Waals surface area contributed by atoms with Gasteiger partial charge in [0.1, 0.15) is 17.9 Å². The highest BCUT2D eigenvalue weighted by atomic mass is 16.5. The number of aromatic nitrogens is 3. The van der Waals surface area contributed by atoms with Crippen molar-refractivity contribution in [2.24, 2.45) is 5.73 Å². The van der Waals surface area contributed by atoms with Crippen molar-refractivity contribution in [1.29, 1.82) is 0 Å². The van der Waals surface area contributed by atoms with Crippen molar-refractivity contribution in [3.63, 3.8) is 0 Å². The molecule has 26 heavy (non-hydrogen) atoms. The van der Waals surface area contributed by atoms with Crippen LogP contribution < -0.4 is 15.7 Å². The molecule has 1 aromatic heterocycles. The lowest BCUT2D eigenvalue weighted by Crippen LogP contribution is -2.53. The minimum absolute atomic E-state index is 0.0226. The minimum atomic E-state index is -1.35. The van der Waals surface area contributed by atoms with Crippen LogP contribution in [0.25, 0.3) is 0 Å². The molecule has 11 heteroatoms. The van der Waals surface area contributed by atoms with E-state index in [4.69, 9.17) is 10.4 Å². The van der Waals surface area contributed by atoms with E-state index >= 15 is 0 Å². The van der Waals surface area contributed by atoms with Gasteiger partial charge in [-0.3, -0.25) is 4.79 Å². The van der Waals surface area contributed by atoms with E-state index in [0.29, 0.717) is 24.5 Å². The number of fused-ring (bicyclic) bond motifs is 1. The van der Waals surface area contributed by atoms with Gasteiger partial charge in [-0.15, -0.1) is 0 Å². The third kappa shape index (κ3) is 3.68. The van der Waals surface area contributed by atoms with Crippen molar-refractivity contribution in [2.75, 3.05) is 6.54 Å². The number of carboxylic acid groups (broad SMARTS) is 1. The largest absolute Gasteiger partial charge is 0.547 e. The topological polar surface area (TPSA) is 153 Å². The van der Waals surface area contributed by atoms with Gasteiger partial charge in [0.05, 0.1) is 24.5 Å². The first-order valence-corrected chi connectivity index (χ1v) is 8.05. The third-order valence-electron chi connectivity index (χ3n) is 4.05. The van der Waals surface area contributed by atoms with Crippen molar-refractivity contribution < 1.29 is 24.4 Å². The van der Waals surface area contributed by atoms with Gasteiger partial charge in [-0.1, -0.05) is 12.1 Å². The van der Waals surface area contributed by atoms with E-state index in [1.165, 1.54) is 12.4 Å². The summed E-state index contributed by atoms with van der Waals surface area (Å²) in [5.41, 5.74) is 6.06. The van der Waals surface area contributed by atoms with Crippen LogP contribution in [0.4, 0.5) is 0 Å². The molecule has 1 aliphatic rings. The lowest BCUT2D eigenvalue weighted by atomic mass is 9.72. The monoisotopic (exact) mass is 359 g/mol. The first-order valence-electron chi connectivity index (χ1n) is 8.05. The normalized spacial score (nSPS) is 15.9. The standard InChI is InChI=1S/C15H18BN5O5/c17-4-5-21-12(18-8-19-21)7-13(22)20-11-6-9-2-1-3-10(15(23)24)14(9)26-16(11)25/h1-3,8,11,25H,4-7,17H2,(H,20,22)(H,23,24). The molecule has 2 aromatic rings. The Bertz CT molecular complexity index is 827. The Labute approximate surface area is 149 Å². The number of nitrogens with zero attached hydrogens (tertiary/aromatic N) is 3. The number of carboxylic acids is 1. The molecule has 1 aliphatic heterocycles. The van der Waals surface area contributed by atoms with E-state index in [9.17, 15) is 19.7 Å². The Morgan fingerprint density at radius 2 is 2.27 bits per heavy atom. The Morgan fingerprint density at radius 1 is 1.46 bits per heavy atom. The molecule has 0 fully saturated rings. The smallest absolute Gasteiger partial charge is 0.534 e. The number of aromatic carboxylic acids is 1. The molecule has 1 amide bonds. The van der Waals surface area contributed by atoms with Gasteiger partial charge in [0.2, 0.25) is 5.91 Å². The zero-order valence-electron chi connectivity index (χ0n) is 13.8. The van der Waals surface area contributed by atoms with E-state index in [-0.39, 0.29) is 30.1 Å². The summed E-state index contributed by atoms with van der Waals surface area (Å²) >= 11 is 0. The van der Waals surface area contributed by atoms with Crippen LogP contribution in [0.1, 0.15) is 21.7 Å². The molecule has 0 spiro atoms. The zero-order chi connectivity index (χ0) is 18.7. The molecule has 3 rings (SSSR count). The molecule has 1 unspecified atom stereocenters. The van der Waals surface area contributed by atoms with E-state index in [0.717, 1.165) is 0 Å². The fourth-order valence-electron chi connectivity index (χ4n) is 2.85. The molecule has 1 aromatic carbocycles. The first-order chi connectivity index (χ1) is 12.5. The molecule has 0 radical (unpaired) electrons. The number of amides is 1. The number of benzene rings is 1. The second-order valence-electron chi connectivity index (χ2n) is 5.85. The number of nitrogens with one attached hydrogen (secondary N) is 1. The summed E-state index contributed by atoms with van der Waals surface area (Å²) in [6.07, 6.45) is 1.57. The van der Waals surface area contributed by atoms with Crippen molar-refractivity contribution in [1.82, 2.24) is 20.1 Å². The summed E-state index contributed by atoms with van der Waals surface area (Å²) in [6, 6.07) is 4.69. The second kappa shape index (κ2) is 7.54. The van der Waals surface area contributed by atoms with Crippen LogP contribution in [0, 0.1) is 0 Å². The Hall–Kier alpha value is -2.92. The van der Waals surface area contributed by atoms with Gasteiger partial charge in [-0.2, -0.15) is 5.10 Å². The van der Waals surface area contributed by atoms with Gasteiger partial charge in [-0.05, 0) is 18.1 Å². The highest BCUT2D eigenvalue weighted by molar-refractivity contribution is 6.47. The average Bonchev–Trinajstić information content (AvgIpc) is 3.02. The van der Waals surface area contributed by atoms with Crippen LogP contribution in [-0.4, -0.2) is 56.4 Å². The number of hydrogen-bond donors (Lipinski definition) is 4. The number of para-hydroxylation sites is 1. The second-order valence-corrected chi connectivity index (χ2v) is 5.85. The maximum absolute atomic E-state index is 12.3. The Balaban J connectivity index is 1.69. The Morgan fingerprint density at radius 3 is 3.00 bits per heavy atom. The summed E-state index contributed by atoms with van der Waals surface area (Å²) in [5, 5.41) is 26.0. The predicted molar refractivity (Wildman–Crippen MR) is 90.4 cm³/mol. The number of rotatable bonds is 6. The van der Waals surface area contributed by atoms with Crippen molar-refractivity contribution in [3.05, 3.63) is 41.5 Å². The maximum Gasteiger partial charge on any atom is 0.547 e. The quantitative estimate of drug-likeness (QED) is 0.460. The molecular formula is C15H18BN5O5. The van der Waals surface area contributed by atoms with E-state index < -0.39 is 19.0 Å². The highest BCUT2D eigenvalue weighted by Gasteiger charge is 2.37. The SMILES string of the molecule is NCCn1ncnc1CC(=O)NC1Cc2cccc(C(=O)O)c2OB1O. The van der Waals surface area contributed by atoms with Crippen LogP contribution in [0.3, 0.4) is 0 Å². The molecule has 1 atom stereocenters. The zero-order valence-corrected chi connectivity index (χ0v) is 13.8. The summed E-state index contributed by atoms with van der Waals surface area (Å²) in [7, 11) is -1.35. The summed E-state index contributed by atoms with van der Waals surface area (Å²) in [6.45, 7) is 0.818. The molecular weight excluding hydrogens is 341 g/mol. The highest BCUT2D eigenvalue weighted by Crippen LogP contribution is 2.30. The van der Waals surface area contributed by atoms with Gasteiger partial charge in [0.25, 0.3) is 0 Å². The average molecular weight is 359 g/mol. The molecule has 5 N–H and O–H groups in total. The summed E-state index contributed by atoms with van der Waals surface area (Å²) < 4.78 is 6.89. The van der Waals surface area contributed by atoms with Crippen LogP contribution in [0.15, 0.2) is 24.5 Å². The lowest BCUT2D eigenvalue weighted by molar-refractivity contribution is -0.121. The molecule has 0 saturated heterocycles. The van der Waals surface area contributed by atoms with Gasteiger partial charge >= 0.3 is 13.1 Å². The van der Waals surface area contributed by atoms with Crippen LogP contribution >= 0.6 is 0 Å². The van der Waals surface area contributed by atoms with Crippen molar-refractivity contribution in [2.45, 2.75) is 25.3 Å². The first kappa shape index (κ1) is 17.9. The molecule has 0 bridgehead atoms. The molecule has 0 saturated carbocycles. The third-order valence-corrected chi connectivity index (χ3v) is 4.05. The lowest BCUT2D eigenvalue weighted by Gasteiger charge is -2.28. The van der Waals surface area contributed by atoms with Gasteiger partial charge < -0.3 is 25.8 Å². The maximum atomic E-state index is 12.3. The number of carbonyl (C=O) groups is 2. The Kier molecular flexibility index (Phi) is 5.19. The van der Waals surface area contributed by atoms with E-state index in [1.54, 1.807) is 16.8 Å².